The molecule has 0 spiro atoms. The van der Waals surface area contributed by atoms with Crippen LogP contribution >= 0.6 is 11.6 Å². The Bertz CT molecular complexity index is 1090. The molecular weight excluding hydrogens is 444 g/mol. The van der Waals surface area contributed by atoms with E-state index in [1.807, 2.05) is 0 Å². The van der Waals surface area contributed by atoms with Crippen LogP contribution in [-0.4, -0.2) is 46.3 Å². The van der Waals surface area contributed by atoms with Gasteiger partial charge in [-0.3, -0.25) is 9.10 Å². The molecule has 1 unspecified atom stereocenters. The van der Waals surface area contributed by atoms with Gasteiger partial charge >= 0.3 is 5.97 Å². The maximum atomic E-state index is 12.9. The van der Waals surface area contributed by atoms with Gasteiger partial charge in [-0.15, -0.1) is 0 Å². The number of hydrogen-bond acceptors (Lipinski definition) is 6. The summed E-state index contributed by atoms with van der Waals surface area (Å²) in [6, 6.07) is 8.07. The first-order valence-corrected chi connectivity index (χ1v) is 11.6. The first kappa shape index (κ1) is 24.5. The maximum absolute atomic E-state index is 12.9. The van der Waals surface area contributed by atoms with Crippen LogP contribution in [0.1, 0.15) is 29.8 Å². The molecule has 0 aliphatic rings. The summed E-state index contributed by atoms with van der Waals surface area (Å²) < 4.78 is 36.0. The average molecular weight is 469 g/mol. The fourth-order valence-electron chi connectivity index (χ4n) is 2.98. The second-order valence-corrected chi connectivity index (χ2v) is 9.06. The van der Waals surface area contributed by atoms with Gasteiger partial charge in [-0.25, -0.2) is 13.2 Å². The van der Waals surface area contributed by atoms with Crippen LogP contribution in [0, 0.1) is 6.92 Å². The van der Waals surface area contributed by atoms with Crippen molar-refractivity contribution in [3.8, 4) is 5.75 Å². The molecule has 1 amide bonds. The van der Waals surface area contributed by atoms with Gasteiger partial charge in [0.05, 0.1) is 36.2 Å². The van der Waals surface area contributed by atoms with Crippen molar-refractivity contribution in [3.05, 3.63) is 52.5 Å². The Morgan fingerprint density at radius 2 is 1.87 bits per heavy atom. The molecule has 0 bridgehead atoms. The van der Waals surface area contributed by atoms with Crippen molar-refractivity contribution < 1.29 is 27.5 Å². The lowest BCUT2D eigenvalue weighted by Gasteiger charge is -2.28. The number of hydrogen-bond donors (Lipinski definition) is 1. The van der Waals surface area contributed by atoms with Crippen molar-refractivity contribution in [1.29, 1.82) is 0 Å². The molecule has 0 saturated carbocycles. The molecule has 0 heterocycles. The number of benzene rings is 2. The molecule has 0 aliphatic heterocycles. The van der Waals surface area contributed by atoms with E-state index in [1.165, 1.54) is 38.3 Å². The summed E-state index contributed by atoms with van der Waals surface area (Å²) in [5, 5.41) is 2.93. The number of carbonyl (C=O) groups excluding carboxylic acids is 2. The molecule has 2 rings (SSSR count). The van der Waals surface area contributed by atoms with Crippen LogP contribution in [0.3, 0.4) is 0 Å². The van der Waals surface area contributed by atoms with Crippen molar-refractivity contribution in [2.75, 3.05) is 29.6 Å². The summed E-state index contributed by atoms with van der Waals surface area (Å²) in [5.41, 5.74) is 1.66. The third kappa shape index (κ3) is 5.89. The zero-order valence-corrected chi connectivity index (χ0v) is 19.5. The van der Waals surface area contributed by atoms with Gasteiger partial charge in [-0.05, 0) is 62.7 Å². The SMILES string of the molecule is CCOC(=O)c1ccc(NC(=O)C(C)N(c2ccc(OC)c(Cl)c2)S(C)(=O)=O)c(C)c1. The predicted molar refractivity (Wildman–Crippen MR) is 121 cm³/mol. The number of nitrogens with zero attached hydrogens (tertiary/aromatic N) is 1. The highest BCUT2D eigenvalue weighted by atomic mass is 35.5. The summed E-state index contributed by atoms with van der Waals surface area (Å²) >= 11 is 6.14. The normalized spacial score (nSPS) is 12.1. The molecule has 0 fully saturated rings. The highest BCUT2D eigenvalue weighted by Gasteiger charge is 2.30. The number of aryl methyl sites for hydroxylation is 1. The zero-order valence-electron chi connectivity index (χ0n) is 17.9. The molecule has 0 radical (unpaired) electrons. The lowest BCUT2D eigenvalue weighted by Crippen LogP contribution is -2.45. The van der Waals surface area contributed by atoms with Gasteiger partial charge in [0.2, 0.25) is 15.9 Å². The highest BCUT2D eigenvalue weighted by molar-refractivity contribution is 7.92. The number of rotatable bonds is 8. The minimum absolute atomic E-state index is 0.214. The van der Waals surface area contributed by atoms with Crippen molar-refractivity contribution in [1.82, 2.24) is 0 Å². The van der Waals surface area contributed by atoms with Crippen LogP contribution in [0.4, 0.5) is 11.4 Å². The first-order chi connectivity index (χ1) is 14.5. The summed E-state index contributed by atoms with van der Waals surface area (Å²) in [7, 11) is -2.37. The Morgan fingerprint density at radius 1 is 1.19 bits per heavy atom. The largest absolute Gasteiger partial charge is 0.495 e. The van der Waals surface area contributed by atoms with Gasteiger partial charge in [0.25, 0.3) is 0 Å². The van der Waals surface area contributed by atoms with E-state index in [1.54, 1.807) is 26.0 Å². The van der Waals surface area contributed by atoms with Crippen LogP contribution in [0.5, 0.6) is 5.75 Å². The smallest absolute Gasteiger partial charge is 0.338 e. The van der Waals surface area contributed by atoms with E-state index < -0.39 is 27.9 Å². The lowest BCUT2D eigenvalue weighted by molar-refractivity contribution is -0.116. The quantitative estimate of drug-likeness (QED) is 0.593. The van der Waals surface area contributed by atoms with Gasteiger partial charge in [0.1, 0.15) is 11.8 Å². The molecule has 2 aromatic carbocycles. The van der Waals surface area contributed by atoms with Crippen LogP contribution in [0.15, 0.2) is 36.4 Å². The molecule has 0 aromatic heterocycles. The Hall–Kier alpha value is -2.78. The number of ether oxygens (including phenoxy) is 2. The number of sulfonamides is 1. The second kappa shape index (κ2) is 10.0. The first-order valence-electron chi connectivity index (χ1n) is 9.41. The second-order valence-electron chi connectivity index (χ2n) is 6.79. The van der Waals surface area contributed by atoms with Crippen molar-refractivity contribution in [2.24, 2.45) is 0 Å². The summed E-state index contributed by atoms with van der Waals surface area (Å²) in [5.74, 6) is -0.630. The predicted octanol–water partition coefficient (Wildman–Crippen LogP) is 3.63. The van der Waals surface area contributed by atoms with E-state index in [0.717, 1.165) is 10.6 Å². The molecular formula is C21H25ClN2O6S. The van der Waals surface area contributed by atoms with Crippen LogP contribution < -0.4 is 14.4 Å². The highest BCUT2D eigenvalue weighted by Crippen LogP contribution is 2.31. The van der Waals surface area contributed by atoms with Crippen LogP contribution in [-0.2, 0) is 19.6 Å². The van der Waals surface area contributed by atoms with E-state index >= 15 is 0 Å². The van der Waals surface area contributed by atoms with E-state index in [2.05, 4.69) is 5.32 Å². The molecule has 31 heavy (non-hydrogen) atoms. The van der Waals surface area contributed by atoms with Crippen molar-refractivity contribution in [3.63, 3.8) is 0 Å². The van der Waals surface area contributed by atoms with Gasteiger partial charge in [-0.1, -0.05) is 11.6 Å². The van der Waals surface area contributed by atoms with Crippen LogP contribution in [0.25, 0.3) is 0 Å². The number of amides is 1. The summed E-state index contributed by atoms with van der Waals surface area (Å²) in [4.78, 5) is 24.8. The number of anilines is 2. The van der Waals surface area contributed by atoms with Gasteiger partial charge in [0, 0.05) is 5.69 Å². The molecule has 168 valence electrons. The van der Waals surface area contributed by atoms with Gasteiger partial charge in [-0.2, -0.15) is 0 Å². The van der Waals surface area contributed by atoms with Gasteiger partial charge < -0.3 is 14.8 Å². The molecule has 10 heteroatoms. The molecule has 1 atom stereocenters. The Kier molecular flexibility index (Phi) is 7.91. The minimum atomic E-state index is -3.81. The Morgan fingerprint density at radius 3 is 2.39 bits per heavy atom. The fraction of sp³-hybridized carbons (Fsp3) is 0.333. The molecule has 0 aliphatic carbocycles. The topological polar surface area (TPSA) is 102 Å². The fourth-order valence-corrected chi connectivity index (χ4v) is 4.40. The van der Waals surface area contributed by atoms with E-state index in [0.29, 0.717) is 22.6 Å². The molecule has 2 aromatic rings. The maximum Gasteiger partial charge on any atom is 0.338 e. The molecule has 1 N–H and O–H groups in total. The third-order valence-electron chi connectivity index (χ3n) is 4.47. The summed E-state index contributed by atoms with van der Waals surface area (Å²) in [6.45, 7) is 5.16. The lowest BCUT2D eigenvalue weighted by atomic mass is 10.1. The Labute approximate surface area is 187 Å². The number of esters is 1. The summed E-state index contributed by atoms with van der Waals surface area (Å²) in [6.07, 6.45) is 1.01. The zero-order chi connectivity index (χ0) is 23.3. The standard InChI is InChI=1S/C21H25ClN2O6S/c1-6-30-21(26)15-7-9-18(13(2)11-15)23-20(25)14(3)24(31(5,27)28)16-8-10-19(29-4)17(22)12-16/h7-12,14H,6H2,1-5H3,(H,23,25). The third-order valence-corrected chi connectivity index (χ3v) is 6.01. The Balaban J connectivity index is 2.30. The minimum Gasteiger partial charge on any atom is -0.495 e. The van der Waals surface area contributed by atoms with Crippen molar-refractivity contribution >= 4 is 44.9 Å². The number of nitrogens with one attached hydrogen (secondary N) is 1. The van der Waals surface area contributed by atoms with Gasteiger partial charge in [0.15, 0.2) is 0 Å². The number of methoxy groups -OCH3 is 1. The molecule has 8 nitrogen and oxygen atoms in total. The average Bonchev–Trinajstić information content (AvgIpc) is 2.68. The number of carbonyl (C=O) groups is 2. The van der Waals surface area contributed by atoms with E-state index in [-0.39, 0.29) is 17.3 Å². The molecule has 0 saturated heterocycles. The van der Waals surface area contributed by atoms with Crippen LogP contribution in [0.2, 0.25) is 5.02 Å². The van der Waals surface area contributed by atoms with Crippen molar-refractivity contribution in [2.45, 2.75) is 26.8 Å². The van der Waals surface area contributed by atoms with E-state index in [9.17, 15) is 18.0 Å². The number of halogens is 1. The monoisotopic (exact) mass is 468 g/mol. The van der Waals surface area contributed by atoms with E-state index in [4.69, 9.17) is 21.1 Å².